The Balaban J connectivity index is 1.53. The first-order chi connectivity index (χ1) is 15.5. The first-order valence-corrected chi connectivity index (χ1v) is 10.5. The van der Waals surface area contributed by atoms with Crippen molar-refractivity contribution in [2.75, 3.05) is 21.3 Å². The molecule has 1 aliphatic carbocycles. The predicted molar refractivity (Wildman–Crippen MR) is 117 cm³/mol. The molecular weight excluding hydrogens is 412 g/mol. The summed E-state index contributed by atoms with van der Waals surface area (Å²) < 4.78 is 17.2. The number of amides is 1. The number of esters is 1. The molecule has 1 saturated carbocycles. The van der Waals surface area contributed by atoms with E-state index in [1.165, 1.54) is 7.11 Å². The van der Waals surface area contributed by atoms with E-state index in [2.05, 4.69) is 15.4 Å². The van der Waals surface area contributed by atoms with Gasteiger partial charge in [0.05, 0.1) is 32.9 Å². The summed E-state index contributed by atoms with van der Waals surface area (Å²) in [7, 11) is 4.57. The van der Waals surface area contributed by atoms with Crippen molar-refractivity contribution in [1.82, 2.24) is 19.9 Å². The lowest BCUT2D eigenvalue weighted by molar-refractivity contribution is -0.146. The number of nitrogens with one attached hydrogen (secondary N) is 1. The third-order valence-electron chi connectivity index (χ3n) is 5.87. The summed E-state index contributed by atoms with van der Waals surface area (Å²) in [5, 5.41) is 7.54. The molecule has 0 bridgehead atoms. The van der Waals surface area contributed by atoms with Gasteiger partial charge in [-0.1, -0.05) is 0 Å². The fraction of sp³-hybridized carbons (Fsp3) is 0.391. The van der Waals surface area contributed by atoms with Crippen LogP contribution in [0.1, 0.15) is 36.2 Å². The second kappa shape index (κ2) is 9.25. The van der Waals surface area contributed by atoms with Crippen LogP contribution in [-0.4, -0.2) is 53.8 Å². The fourth-order valence-corrected chi connectivity index (χ4v) is 4.12. The molecule has 1 N–H and O–H groups in total. The topological polar surface area (TPSA) is 104 Å². The van der Waals surface area contributed by atoms with Gasteiger partial charge in [-0.2, -0.15) is 5.10 Å². The lowest BCUT2D eigenvalue weighted by Gasteiger charge is -2.27. The normalized spacial score (nSPS) is 18.2. The number of hydrogen-bond acceptors (Lipinski definition) is 7. The van der Waals surface area contributed by atoms with Gasteiger partial charge in [-0.05, 0) is 49.9 Å². The summed E-state index contributed by atoms with van der Waals surface area (Å²) in [6.45, 7) is 0. The molecule has 1 fully saturated rings. The maximum atomic E-state index is 12.8. The van der Waals surface area contributed by atoms with Gasteiger partial charge < -0.3 is 19.5 Å². The molecule has 0 radical (unpaired) electrons. The summed E-state index contributed by atoms with van der Waals surface area (Å²) in [6, 6.07) is 9.08. The van der Waals surface area contributed by atoms with E-state index >= 15 is 0 Å². The van der Waals surface area contributed by atoms with Crippen LogP contribution in [0.5, 0.6) is 11.5 Å². The number of carbonyl (C=O) groups is 2. The van der Waals surface area contributed by atoms with Crippen molar-refractivity contribution < 1.29 is 23.8 Å². The standard InChI is InChI=1S/C23H26N4O5/c1-30-19-9-6-15(12-20(19)31-2)18-10-11-24-21-13-17(26-27(18)21)22(28)25-16-7-4-14(5-8-16)23(29)32-3/h6,9-14,16H,4-5,7-8H2,1-3H3,(H,25,28)/t14-,16+. The molecule has 3 aromatic rings. The molecule has 1 aromatic carbocycles. The van der Waals surface area contributed by atoms with Gasteiger partial charge in [0, 0.05) is 23.9 Å². The molecule has 0 aliphatic heterocycles. The Bertz CT molecular complexity index is 1130. The van der Waals surface area contributed by atoms with Crippen molar-refractivity contribution in [2.24, 2.45) is 5.92 Å². The van der Waals surface area contributed by atoms with Gasteiger partial charge in [0.1, 0.15) is 0 Å². The van der Waals surface area contributed by atoms with E-state index in [-0.39, 0.29) is 23.8 Å². The highest BCUT2D eigenvalue weighted by molar-refractivity contribution is 5.93. The molecule has 9 heteroatoms. The van der Waals surface area contributed by atoms with Crippen molar-refractivity contribution >= 4 is 17.5 Å². The van der Waals surface area contributed by atoms with Crippen LogP contribution >= 0.6 is 0 Å². The number of aromatic nitrogens is 3. The van der Waals surface area contributed by atoms with Crippen LogP contribution < -0.4 is 14.8 Å². The van der Waals surface area contributed by atoms with Crippen molar-refractivity contribution in [3.63, 3.8) is 0 Å². The van der Waals surface area contributed by atoms with Gasteiger partial charge in [-0.25, -0.2) is 9.50 Å². The van der Waals surface area contributed by atoms with E-state index < -0.39 is 0 Å². The number of benzene rings is 1. The summed E-state index contributed by atoms with van der Waals surface area (Å²) in [6.07, 6.45) is 4.54. The van der Waals surface area contributed by atoms with Crippen LogP contribution in [0.4, 0.5) is 0 Å². The second-order valence-corrected chi connectivity index (χ2v) is 7.74. The first kappa shape index (κ1) is 21.6. The quantitative estimate of drug-likeness (QED) is 0.590. The second-order valence-electron chi connectivity index (χ2n) is 7.74. The minimum absolute atomic E-state index is 0.00602. The smallest absolute Gasteiger partial charge is 0.308 e. The molecule has 4 rings (SSSR count). The molecule has 0 unspecified atom stereocenters. The number of fused-ring (bicyclic) bond motifs is 1. The van der Waals surface area contributed by atoms with Crippen LogP contribution in [0.3, 0.4) is 0 Å². The SMILES string of the molecule is COc1ccc(-c2ccnc3cc(C(=O)N[C@H]4CC[C@@H](C(=O)OC)CC4)nn23)cc1OC. The molecule has 2 heterocycles. The van der Waals surface area contributed by atoms with Crippen LogP contribution in [0.25, 0.3) is 16.9 Å². The first-order valence-electron chi connectivity index (χ1n) is 10.5. The number of ether oxygens (including phenoxy) is 3. The van der Waals surface area contributed by atoms with Gasteiger partial charge in [0.15, 0.2) is 22.8 Å². The molecular formula is C23H26N4O5. The highest BCUT2D eigenvalue weighted by Crippen LogP contribution is 2.32. The number of nitrogens with zero attached hydrogens (tertiary/aromatic N) is 3. The van der Waals surface area contributed by atoms with Gasteiger partial charge in [-0.3, -0.25) is 9.59 Å². The predicted octanol–water partition coefficient (Wildman–Crippen LogP) is 2.88. The number of hydrogen-bond donors (Lipinski definition) is 1. The van der Waals surface area contributed by atoms with Crippen LogP contribution in [-0.2, 0) is 9.53 Å². The van der Waals surface area contributed by atoms with E-state index in [4.69, 9.17) is 14.2 Å². The lowest BCUT2D eigenvalue weighted by atomic mass is 9.86. The van der Waals surface area contributed by atoms with E-state index in [1.54, 1.807) is 31.0 Å². The summed E-state index contributed by atoms with van der Waals surface area (Å²) in [5.41, 5.74) is 2.48. The highest BCUT2D eigenvalue weighted by atomic mass is 16.5. The minimum Gasteiger partial charge on any atom is -0.493 e. The molecule has 32 heavy (non-hydrogen) atoms. The summed E-state index contributed by atoms with van der Waals surface area (Å²) in [4.78, 5) is 28.9. The summed E-state index contributed by atoms with van der Waals surface area (Å²) >= 11 is 0. The zero-order chi connectivity index (χ0) is 22.7. The Morgan fingerprint density at radius 3 is 2.44 bits per heavy atom. The van der Waals surface area contributed by atoms with Gasteiger partial charge >= 0.3 is 5.97 Å². The van der Waals surface area contributed by atoms with E-state index in [1.807, 2.05) is 24.3 Å². The molecule has 0 spiro atoms. The maximum Gasteiger partial charge on any atom is 0.308 e. The summed E-state index contributed by atoms with van der Waals surface area (Å²) in [5.74, 6) is 0.711. The van der Waals surface area contributed by atoms with E-state index in [0.29, 0.717) is 35.7 Å². The van der Waals surface area contributed by atoms with Gasteiger partial charge in [-0.15, -0.1) is 0 Å². The zero-order valence-corrected chi connectivity index (χ0v) is 18.3. The number of rotatable bonds is 6. The Kier molecular flexibility index (Phi) is 6.25. The molecule has 0 atom stereocenters. The Morgan fingerprint density at radius 1 is 1.00 bits per heavy atom. The van der Waals surface area contributed by atoms with E-state index in [9.17, 15) is 9.59 Å². The van der Waals surface area contributed by atoms with Crippen molar-refractivity contribution in [1.29, 1.82) is 0 Å². The van der Waals surface area contributed by atoms with Crippen molar-refractivity contribution in [3.8, 4) is 22.8 Å². The van der Waals surface area contributed by atoms with Crippen molar-refractivity contribution in [3.05, 3.63) is 42.2 Å². The Hall–Kier alpha value is -3.62. The van der Waals surface area contributed by atoms with Gasteiger partial charge in [0.25, 0.3) is 5.91 Å². The largest absolute Gasteiger partial charge is 0.493 e. The lowest BCUT2D eigenvalue weighted by Crippen LogP contribution is -2.39. The van der Waals surface area contributed by atoms with Crippen LogP contribution in [0, 0.1) is 5.92 Å². The maximum absolute atomic E-state index is 12.8. The average molecular weight is 438 g/mol. The number of methoxy groups -OCH3 is 3. The zero-order valence-electron chi connectivity index (χ0n) is 18.3. The molecule has 9 nitrogen and oxygen atoms in total. The van der Waals surface area contributed by atoms with Crippen LogP contribution in [0.15, 0.2) is 36.5 Å². The Morgan fingerprint density at radius 2 is 1.75 bits per heavy atom. The van der Waals surface area contributed by atoms with Gasteiger partial charge in [0.2, 0.25) is 0 Å². The third kappa shape index (κ3) is 4.23. The molecule has 168 valence electrons. The fourth-order valence-electron chi connectivity index (χ4n) is 4.12. The average Bonchev–Trinajstić information content (AvgIpc) is 3.28. The molecule has 0 saturated heterocycles. The molecule has 1 amide bonds. The number of carbonyl (C=O) groups excluding carboxylic acids is 2. The minimum atomic E-state index is -0.254. The van der Waals surface area contributed by atoms with Crippen LogP contribution in [0.2, 0.25) is 0 Å². The monoisotopic (exact) mass is 438 g/mol. The molecule has 1 aliphatic rings. The van der Waals surface area contributed by atoms with E-state index in [0.717, 1.165) is 24.1 Å². The Labute approximate surface area is 185 Å². The van der Waals surface area contributed by atoms with Crippen molar-refractivity contribution in [2.45, 2.75) is 31.7 Å². The third-order valence-corrected chi connectivity index (χ3v) is 5.87. The molecule has 2 aromatic heterocycles. The highest BCUT2D eigenvalue weighted by Gasteiger charge is 2.28.